The molecule has 0 aliphatic carbocycles. The maximum atomic E-state index is 5.90. The summed E-state index contributed by atoms with van der Waals surface area (Å²) in [4.78, 5) is 9.12. The second-order valence-corrected chi connectivity index (χ2v) is 5.69. The molecule has 1 N–H and O–H groups in total. The molecule has 20 heavy (non-hydrogen) atoms. The summed E-state index contributed by atoms with van der Waals surface area (Å²) in [7, 11) is 0. The van der Waals surface area contributed by atoms with Gasteiger partial charge in [0.1, 0.15) is 5.82 Å². The lowest BCUT2D eigenvalue weighted by Gasteiger charge is -2.09. The molecule has 1 heterocycles. The van der Waals surface area contributed by atoms with Crippen LogP contribution < -0.4 is 5.32 Å². The fraction of sp³-hybridized carbons (Fsp3) is 0.375. The zero-order valence-corrected chi connectivity index (χ0v) is 12.9. The lowest BCUT2D eigenvalue weighted by atomic mass is 10.1. The molecule has 0 aliphatic rings. The molecule has 2 aromatic rings. The summed E-state index contributed by atoms with van der Waals surface area (Å²) < 4.78 is 0. The minimum absolute atomic E-state index is 0.449. The molecule has 0 aliphatic heterocycles. The second-order valence-electron chi connectivity index (χ2n) is 5.26. The topological polar surface area (TPSA) is 37.8 Å². The van der Waals surface area contributed by atoms with E-state index in [2.05, 4.69) is 29.1 Å². The third-order valence-electron chi connectivity index (χ3n) is 2.92. The predicted octanol–water partition coefficient (Wildman–Crippen LogP) is 3.53. The highest BCUT2D eigenvalue weighted by molar-refractivity contribution is 6.30. The van der Waals surface area contributed by atoms with E-state index >= 15 is 0 Å². The lowest BCUT2D eigenvalue weighted by Crippen LogP contribution is -2.23. The summed E-state index contributed by atoms with van der Waals surface area (Å²) in [5.41, 5.74) is 3.21. The van der Waals surface area contributed by atoms with E-state index in [1.165, 1.54) is 5.56 Å². The van der Waals surface area contributed by atoms with Crippen LogP contribution >= 0.6 is 11.6 Å². The van der Waals surface area contributed by atoms with Crippen LogP contribution in [0.25, 0.3) is 0 Å². The molecule has 0 amide bonds. The van der Waals surface area contributed by atoms with Gasteiger partial charge in [0.25, 0.3) is 0 Å². The second kappa shape index (κ2) is 6.82. The third-order valence-corrected chi connectivity index (χ3v) is 3.17. The van der Waals surface area contributed by atoms with E-state index in [-0.39, 0.29) is 0 Å². The normalized spacial score (nSPS) is 11.1. The van der Waals surface area contributed by atoms with Gasteiger partial charge >= 0.3 is 0 Å². The molecule has 4 heteroatoms. The Bertz CT molecular complexity index is 564. The van der Waals surface area contributed by atoms with Crippen molar-refractivity contribution >= 4 is 11.6 Å². The van der Waals surface area contributed by atoms with Crippen molar-refractivity contribution in [2.24, 2.45) is 0 Å². The van der Waals surface area contributed by atoms with E-state index in [1.807, 2.05) is 37.3 Å². The van der Waals surface area contributed by atoms with Crippen LogP contribution in [0.4, 0.5) is 0 Å². The van der Waals surface area contributed by atoms with Crippen molar-refractivity contribution in [3.05, 3.63) is 58.1 Å². The number of rotatable bonds is 5. The Kier molecular flexibility index (Phi) is 5.10. The number of nitrogens with zero attached hydrogens (tertiary/aromatic N) is 2. The van der Waals surface area contributed by atoms with E-state index in [0.29, 0.717) is 6.04 Å². The van der Waals surface area contributed by atoms with Gasteiger partial charge in [0, 0.05) is 29.7 Å². The largest absolute Gasteiger partial charge is 0.309 e. The maximum Gasteiger partial charge on any atom is 0.133 e. The van der Waals surface area contributed by atoms with Gasteiger partial charge in [-0.05, 0) is 30.7 Å². The van der Waals surface area contributed by atoms with Gasteiger partial charge in [-0.1, -0.05) is 37.6 Å². The van der Waals surface area contributed by atoms with Crippen molar-refractivity contribution < 1.29 is 0 Å². The smallest absolute Gasteiger partial charge is 0.133 e. The zero-order chi connectivity index (χ0) is 14.5. The molecule has 0 atom stereocenters. The maximum absolute atomic E-state index is 5.90. The molecule has 0 saturated heterocycles. The van der Waals surface area contributed by atoms with Crippen molar-refractivity contribution in [2.45, 2.75) is 39.8 Å². The molecule has 0 bridgehead atoms. The number of halogens is 1. The molecule has 1 aromatic heterocycles. The number of aryl methyl sites for hydroxylation is 1. The fourth-order valence-electron chi connectivity index (χ4n) is 1.96. The van der Waals surface area contributed by atoms with Crippen LogP contribution in [0.1, 0.15) is 36.6 Å². The first kappa shape index (κ1) is 14.9. The fourth-order valence-corrected chi connectivity index (χ4v) is 2.09. The van der Waals surface area contributed by atoms with Gasteiger partial charge in [-0.3, -0.25) is 0 Å². The SMILES string of the molecule is Cc1cc(CNC(C)C)nc(Cc2ccc(Cl)cc2)n1. The molecule has 0 unspecified atom stereocenters. The quantitative estimate of drug-likeness (QED) is 0.915. The molecule has 0 spiro atoms. The first-order chi connectivity index (χ1) is 9.52. The lowest BCUT2D eigenvalue weighted by molar-refractivity contribution is 0.578. The van der Waals surface area contributed by atoms with Gasteiger partial charge in [0.05, 0.1) is 5.69 Å². The molecule has 3 nitrogen and oxygen atoms in total. The minimum Gasteiger partial charge on any atom is -0.309 e. The van der Waals surface area contributed by atoms with Crippen LogP contribution in [-0.4, -0.2) is 16.0 Å². The van der Waals surface area contributed by atoms with E-state index in [0.717, 1.165) is 35.2 Å². The average molecular weight is 290 g/mol. The van der Waals surface area contributed by atoms with Gasteiger partial charge in [0.15, 0.2) is 0 Å². The van der Waals surface area contributed by atoms with E-state index in [4.69, 9.17) is 11.6 Å². The highest BCUT2D eigenvalue weighted by Crippen LogP contribution is 2.12. The summed E-state index contributed by atoms with van der Waals surface area (Å²) in [6, 6.07) is 10.3. The highest BCUT2D eigenvalue weighted by atomic mass is 35.5. The molecular weight excluding hydrogens is 270 g/mol. The van der Waals surface area contributed by atoms with E-state index in [9.17, 15) is 0 Å². The Morgan fingerprint density at radius 1 is 1.15 bits per heavy atom. The zero-order valence-electron chi connectivity index (χ0n) is 12.2. The van der Waals surface area contributed by atoms with E-state index < -0.39 is 0 Å². The molecule has 0 radical (unpaired) electrons. The molecule has 2 rings (SSSR count). The first-order valence-electron chi connectivity index (χ1n) is 6.84. The third kappa shape index (κ3) is 4.58. The molecule has 106 valence electrons. The van der Waals surface area contributed by atoms with Crippen LogP contribution in [0, 0.1) is 6.92 Å². The van der Waals surface area contributed by atoms with Crippen molar-refractivity contribution in [3.63, 3.8) is 0 Å². The summed E-state index contributed by atoms with van der Waals surface area (Å²) in [6.07, 6.45) is 0.730. The Hall–Kier alpha value is -1.45. The summed E-state index contributed by atoms with van der Waals surface area (Å²) in [6.45, 7) is 7.03. The summed E-state index contributed by atoms with van der Waals surface area (Å²) in [5.74, 6) is 0.855. The van der Waals surface area contributed by atoms with Crippen molar-refractivity contribution in [1.29, 1.82) is 0 Å². The van der Waals surface area contributed by atoms with Crippen LogP contribution in [0.5, 0.6) is 0 Å². The minimum atomic E-state index is 0.449. The predicted molar refractivity (Wildman–Crippen MR) is 83.0 cm³/mol. The standard InChI is InChI=1S/C16H20ClN3/c1-11(2)18-10-15-8-12(3)19-16(20-15)9-13-4-6-14(17)7-5-13/h4-8,11,18H,9-10H2,1-3H3. The Labute approximate surface area is 125 Å². The van der Waals surface area contributed by atoms with Crippen LogP contribution in [0.2, 0.25) is 5.02 Å². The molecular formula is C16H20ClN3. The Balaban J connectivity index is 2.13. The molecule has 0 saturated carbocycles. The molecule has 0 fully saturated rings. The van der Waals surface area contributed by atoms with Gasteiger partial charge in [-0.2, -0.15) is 0 Å². The Morgan fingerprint density at radius 3 is 2.50 bits per heavy atom. The Morgan fingerprint density at radius 2 is 1.85 bits per heavy atom. The number of aromatic nitrogens is 2. The highest BCUT2D eigenvalue weighted by Gasteiger charge is 2.04. The monoisotopic (exact) mass is 289 g/mol. The first-order valence-corrected chi connectivity index (χ1v) is 7.22. The van der Waals surface area contributed by atoms with Gasteiger partial charge < -0.3 is 5.32 Å². The number of nitrogens with one attached hydrogen (secondary N) is 1. The van der Waals surface area contributed by atoms with Crippen LogP contribution in [0.3, 0.4) is 0 Å². The number of hydrogen-bond donors (Lipinski definition) is 1. The van der Waals surface area contributed by atoms with Gasteiger partial charge in [0.2, 0.25) is 0 Å². The van der Waals surface area contributed by atoms with Crippen LogP contribution in [0.15, 0.2) is 30.3 Å². The van der Waals surface area contributed by atoms with Crippen molar-refractivity contribution in [3.8, 4) is 0 Å². The van der Waals surface area contributed by atoms with Gasteiger partial charge in [-0.25, -0.2) is 9.97 Å². The number of hydrogen-bond acceptors (Lipinski definition) is 3. The van der Waals surface area contributed by atoms with Gasteiger partial charge in [-0.15, -0.1) is 0 Å². The van der Waals surface area contributed by atoms with E-state index in [1.54, 1.807) is 0 Å². The summed E-state index contributed by atoms with van der Waals surface area (Å²) in [5, 5.41) is 4.13. The summed E-state index contributed by atoms with van der Waals surface area (Å²) >= 11 is 5.90. The van der Waals surface area contributed by atoms with Crippen molar-refractivity contribution in [1.82, 2.24) is 15.3 Å². The van der Waals surface area contributed by atoms with Crippen LogP contribution in [-0.2, 0) is 13.0 Å². The molecule has 1 aromatic carbocycles. The average Bonchev–Trinajstić information content (AvgIpc) is 2.38. The number of benzene rings is 1. The van der Waals surface area contributed by atoms with Crippen molar-refractivity contribution in [2.75, 3.05) is 0 Å².